The summed E-state index contributed by atoms with van der Waals surface area (Å²) in [6.45, 7) is 0. The van der Waals surface area contributed by atoms with Gasteiger partial charge in [0.25, 0.3) is 0 Å². The van der Waals surface area contributed by atoms with Gasteiger partial charge in [-0.1, -0.05) is 5.57 Å². The van der Waals surface area contributed by atoms with Crippen LogP contribution in [0.4, 0.5) is 0 Å². The summed E-state index contributed by atoms with van der Waals surface area (Å²) in [5.41, 5.74) is 1.14. The molecule has 0 saturated heterocycles. The Balaban J connectivity index is 2.03. The van der Waals surface area contributed by atoms with E-state index in [2.05, 4.69) is 4.74 Å². The van der Waals surface area contributed by atoms with Gasteiger partial charge in [-0.15, -0.1) is 0 Å². The number of fused-ring (bicyclic) bond motifs is 2. The average Bonchev–Trinajstić information content (AvgIpc) is 2.87. The molecule has 0 aromatic carbocycles. The summed E-state index contributed by atoms with van der Waals surface area (Å²) in [6, 6.07) is 0. The molecule has 0 N–H and O–H groups in total. The van der Waals surface area contributed by atoms with Gasteiger partial charge in [-0.2, -0.15) is 0 Å². The summed E-state index contributed by atoms with van der Waals surface area (Å²) in [6.07, 6.45) is 4.24. The van der Waals surface area contributed by atoms with Crippen molar-refractivity contribution in [2.24, 2.45) is 17.8 Å². The van der Waals surface area contributed by atoms with Crippen LogP contribution in [0.2, 0.25) is 0 Å². The maximum absolute atomic E-state index is 11.5. The van der Waals surface area contributed by atoms with E-state index in [4.69, 9.17) is 4.74 Å². The lowest BCUT2D eigenvalue weighted by molar-refractivity contribution is -0.146. The van der Waals surface area contributed by atoms with Gasteiger partial charge >= 0.3 is 11.9 Å². The molecule has 16 heavy (non-hydrogen) atoms. The normalized spacial score (nSPS) is 34.1. The molecule has 88 valence electrons. The monoisotopic (exact) mass is 224 g/mol. The van der Waals surface area contributed by atoms with E-state index < -0.39 is 0 Å². The van der Waals surface area contributed by atoms with Crippen molar-refractivity contribution in [3.05, 3.63) is 11.6 Å². The van der Waals surface area contributed by atoms with E-state index in [0.717, 1.165) is 24.8 Å². The number of esters is 2. The number of hydrogen-bond donors (Lipinski definition) is 0. The summed E-state index contributed by atoms with van der Waals surface area (Å²) < 4.78 is 9.38. The van der Waals surface area contributed by atoms with E-state index in [0.29, 0.717) is 11.8 Å². The Hall–Kier alpha value is -1.32. The molecule has 0 aliphatic heterocycles. The Bertz CT molecular complexity index is 345. The number of ether oxygens (including phenoxy) is 2. The molecular weight excluding hydrogens is 208 g/mol. The highest BCUT2D eigenvalue weighted by molar-refractivity contribution is 5.83. The van der Waals surface area contributed by atoms with Crippen LogP contribution in [-0.4, -0.2) is 26.2 Å². The van der Waals surface area contributed by atoms with Crippen LogP contribution in [0.1, 0.15) is 19.3 Å². The van der Waals surface area contributed by atoms with Crippen molar-refractivity contribution in [3.8, 4) is 0 Å². The van der Waals surface area contributed by atoms with Gasteiger partial charge in [0.2, 0.25) is 0 Å². The Labute approximate surface area is 94.6 Å². The molecule has 0 aromatic heterocycles. The van der Waals surface area contributed by atoms with Crippen LogP contribution in [0.15, 0.2) is 11.6 Å². The molecule has 0 radical (unpaired) electrons. The second-order valence-corrected chi connectivity index (χ2v) is 4.50. The van der Waals surface area contributed by atoms with Crippen LogP contribution in [-0.2, 0) is 19.1 Å². The zero-order chi connectivity index (χ0) is 11.7. The lowest BCUT2D eigenvalue weighted by Crippen LogP contribution is -2.23. The summed E-state index contributed by atoms with van der Waals surface area (Å²) in [5.74, 6) is 0.355. The molecule has 4 nitrogen and oxygen atoms in total. The highest BCUT2D eigenvalue weighted by Gasteiger charge is 2.46. The van der Waals surface area contributed by atoms with Gasteiger partial charge in [0.05, 0.1) is 20.1 Å². The lowest BCUT2D eigenvalue weighted by atomic mass is 9.85. The van der Waals surface area contributed by atoms with E-state index in [1.807, 2.05) is 0 Å². The molecule has 2 aliphatic rings. The highest BCUT2D eigenvalue weighted by Crippen LogP contribution is 2.51. The van der Waals surface area contributed by atoms with Crippen molar-refractivity contribution in [3.63, 3.8) is 0 Å². The first-order valence-corrected chi connectivity index (χ1v) is 5.52. The summed E-state index contributed by atoms with van der Waals surface area (Å²) >= 11 is 0. The molecule has 2 aliphatic carbocycles. The van der Waals surface area contributed by atoms with Crippen molar-refractivity contribution in [2.75, 3.05) is 14.2 Å². The van der Waals surface area contributed by atoms with Gasteiger partial charge in [0, 0.05) is 6.08 Å². The first-order chi connectivity index (χ1) is 7.65. The number of hydrogen-bond acceptors (Lipinski definition) is 4. The lowest BCUT2D eigenvalue weighted by Gasteiger charge is -2.20. The molecule has 3 unspecified atom stereocenters. The van der Waals surface area contributed by atoms with E-state index in [-0.39, 0.29) is 17.9 Å². The molecule has 2 bridgehead atoms. The molecule has 0 heterocycles. The highest BCUT2D eigenvalue weighted by atomic mass is 16.5. The molecule has 0 amide bonds. The fourth-order valence-electron chi connectivity index (χ4n) is 2.95. The van der Waals surface area contributed by atoms with Gasteiger partial charge in [-0.05, 0) is 31.1 Å². The van der Waals surface area contributed by atoms with Crippen LogP contribution >= 0.6 is 0 Å². The van der Waals surface area contributed by atoms with Crippen molar-refractivity contribution >= 4 is 11.9 Å². The van der Waals surface area contributed by atoms with Gasteiger partial charge in [0.1, 0.15) is 0 Å². The van der Waals surface area contributed by atoms with E-state index in [1.54, 1.807) is 6.08 Å². The third kappa shape index (κ3) is 1.84. The van der Waals surface area contributed by atoms with Gasteiger partial charge in [-0.25, -0.2) is 4.79 Å². The molecule has 0 spiro atoms. The minimum Gasteiger partial charge on any atom is -0.469 e. The van der Waals surface area contributed by atoms with Gasteiger partial charge in [-0.3, -0.25) is 4.79 Å². The van der Waals surface area contributed by atoms with Crippen LogP contribution in [0, 0.1) is 17.8 Å². The van der Waals surface area contributed by atoms with E-state index in [1.165, 1.54) is 14.2 Å². The molecule has 2 fully saturated rings. The summed E-state index contributed by atoms with van der Waals surface area (Å²) in [5, 5.41) is 0. The fraction of sp³-hybridized carbons (Fsp3) is 0.667. The minimum atomic E-state index is -0.294. The van der Waals surface area contributed by atoms with Crippen LogP contribution in [0.25, 0.3) is 0 Å². The third-order valence-corrected chi connectivity index (χ3v) is 3.73. The summed E-state index contributed by atoms with van der Waals surface area (Å²) in [4.78, 5) is 22.6. The number of allylic oxidation sites excluding steroid dienone is 1. The van der Waals surface area contributed by atoms with Crippen LogP contribution < -0.4 is 0 Å². The van der Waals surface area contributed by atoms with E-state index >= 15 is 0 Å². The number of methoxy groups -OCH3 is 2. The molecule has 3 atom stereocenters. The molecule has 0 aromatic rings. The maximum atomic E-state index is 11.5. The SMILES string of the molecule is COC(=O)/C=C1/CC2CC1CC2C(=O)OC. The first-order valence-electron chi connectivity index (χ1n) is 5.52. The molecular formula is C12H16O4. The van der Waals surface area contributed by atoms with Crippen molar-refractivity contribution in [1.29, 1.82) is 0 Å². The average molecular weight is 224 g/mol. The predicted octanol–water partition coefficient (Wildman–Crippen LogP) is 1.30. The van der Waals surface area contributed by atoms with Gasteiger partial charge in [0.15, 0.2) is 0 Å². The Morgan fingerprint density at radius 2 is 2.00 bits per heavy atom. The van der Waals surface area contributed by atoms with Gasteiger partial charge < -0.3 is 9.47 Å². The number of carbonyl (C=O) groups excluding carboxylic acids is 2. The number of rotatable bonds is 2. The maximum Gasteiger partial charge on any atom is 0.330 e. The molecule has 2 saturated carbocycles. The second-order valence-electron chi connectivity index (χ2n) is 4.50. The van der Waals surface area contributed by atoms with E-state index in [9.17, 15) is 9.59 Å². The Kier molecular flexibility index (Phi) is 2.99. The zero-order valence-electron chi connectivity index (χ0n) is 9.56. The first kappa shape index (κ1) is 11.2. The standard InChI is InChI=1S/C12H16O4/c1-15-11(13)6-8-4-9-3-7(8)5-10(9)12(14)16-2/h6-7,9-10H,3-5H2,1-2H3/b8-6-. The van der Waals surface area contributed by atoms with Crippen LogP contribution in [0.5, 0.6) is 0 Å². The second kappa shape index (κ2) is 4.28. The molecule has 4 heteroatoms. The third-order valence-electron chi connectivity index (χ3n) is 3.73. The Morgan fingerprint density at radius 3 is 2.50 bits per heavy atom. The smallest absolute Gasteiger partial charge is 0.330 e. The largest absolute Gasteiger partial charge is 0.469 e. The zero-order valence-corrected chi connectivity index (χ0v) is 9.56. The van der Waals surface area contributed by atoms with Crippen molar-refractivity contribution in [1.82, 2.24) is 0 Å². The summed E-state index contributed by atoms with van der Waals surface area (Å²) in [7, 11) is 2.81. The minimum absolute atomic E-state index is 0.0322. The number of carbonyl (C=O) groups is 2. The molecule has 2 rings (SSSR count). The fourth-order valence-corrected chi connectivity index (χ4v) is 2.95. The quantitative estimate of drug-likeness (QED) is 0.524. The Morgan fingerprint density at radius 1 is 1.25 bits per heavy atom. The predicted molar refractivity (Wildman–Crippen MR) is 56.4 cm³/mol. The van der Waals surface area contributed by atoms with Crippen LogP contribution in [0.3, 0.4) is 0 Å². The topological polar surface area (TPSA) is 52.6 Å². The van der Waals surface area contributed by atoms with Crippen molar-refractivity contribution in [2.45, 2.75) is 19.3 Å². The van der Waals surface area contributed by atoms with Crippen molar-refractivity contribution < 1.29 is 19.1 Å².